The Morgan fingerprint density at radius 1 is 0.739 bits per heavy atom. The summed E-state index contributed by atoms with van der Waals surface area (Å²) in [6.45, 7) is 2.66. The van der Waals surface area contributed by atoms with Crippen LogP contribution in [0.25, 0.3) is 12.2 Å². The number of hydrogen-bond acceptors (Lipinski definition) is 1. The summed E-state index contributed by atoms with van der Waals surface area (Å²) in [7, 11) is 0. The molecule has 0 bridgehead atoms. The Hall–Kier alpha value is -2.80. The summed E-state index contributed by atoms with van der Waals surface area (Å²) >= 11 is 0. The molecule has 0 unspecified atom stereocenters. The molecule has 3 aromatic rings. The van der Waals surface area contributed by atoms with Crippen LogP contribution in [-0.2, 0) is 6.61 Å². The summed E-state index contributed by atoms with van der Waals surface area (Å²) in [5, 5.41) is 0. The van der Waals surface area contributed by atoms with E-state index in [9.17, 15) is 0 Å². The minimum atomic E-state index is 0.581. The van der Waals surface area contributed by atoms with Crippen LogP contribution in [-0.4, -0.2) is 0 Å². The molecule has 0 atom stereocenters. The Labute approximate surface area is 137 Å². The molecule has 0 spiro atoms. The molecule has 0 amide bonds. The highest BCUT2D eigenvalue weighted by Crippen LogP contribution is 2.26. The zero-order chi connectivity index (χ0) is 15.9. The van der Waals surface area contributed by atoms with Crippen molar-refractivity contribution in [1.82, 2.24) is 0 Å². The van der Waals surface area contributed by atoms with Crippen LogP contribution in [0.2, 0.25) is 0 Å². The molecule has 0 aliphatic heterocycles. The van der Waals surface area contributed by atoms with Crippen molar-refractivity contribution in [1.29, 1.82) is 0 Å². The molecule has 114 valence electrons. The number of ether oxygens (including phenoxy) is 1. The smallest absolute Gasteiger partial charge is 0.129 e. The molecule has 3 aromatic carbocycles. The number of rotatable bonds is 5. The van der Waals surface area contributed by atoms with Gasteiger partial charge < -0.3 is 4.74 Å². The van der Waals surface area contributed by atoms with Crippen molar-refractivity contribution in [3.8, 4) is 5.75 Å². The second-order valence-corrected chi connectivity index (χ2v) is 5.51. The lowest BCUT2D eigenvalue weighted by Gasteiger charge is -2.12. The van der Waals surface area contributed by atoms with E-state index >= 15 is 0 Å². The van der Waals surface area contributed by atoms with Gasteiger partial charge in [-0.2, -0.15) is 0 Å². The van der Waals surface area contributed by atoms with E-state index in [1.165, 1.54) is 11.1 Å². The SMILES string of the molecule is Cc1cccc(/C=C/c2ccccc2)c1OCc1ccccc1. The second-order valence-electron chi connectivity index (χ2n) is 5.51. The summed E-state index contributed by atoms with van der Waals surface area (Å²) in [4.78, 5) is 0. The second kappa shape index (κ2) is 7.46. The van der Waals surface area contributed by atoms with E-state index < -0.39 is 0 Å². The summed E-state index contributed by atoms with van der Waals surface area (Å²) in [6.07, 6.45) is 4.23. The van der Waals surface area contributed by atoms with E-state index in [4.69, 9.17) is 4.74 Å². The van der Waals surface area contributed by atoms with Crippen LogP contribution in [0.15, 0.2) is 78.9 Å². The maximum atomic E-state index is 6.09. The first kappa shape index (κ1) is 15.1. The van der Waals surface area contributed by atoms with Crippen molar-refractivity contribution in [2.75, 3.05) is 0 Å². The molecule has 0 aromatic heterocycles. The van der Waals surface area contributed by atoms with E-state index in [0.29, 0.717) is 6.61 Å². The Morgan fingerprint density at radius 2 is 1.43 bits per heavy atom. The Bertz CT molecular complexity index is 774. The third-order valence-corrected chi connectivity index (χ3v) is 3.72. The van der Waals surface area contributed by atoms with E-state index in [0.717, 1.165) is 16.9 Å². The minimum absolute atomic E-state index is 0.581. The molecule has 1 heteroatoms. The average Bonchev–Trinajstić information content (AvgIpc) is 2.61. The molecule has 3 rings (SSSR count). The fourth-order valence-electron chi connectivity index (χ4n) is 2.48. The maximum Gasteiger partial charge on any atom is 0.129 e. The standard InChI is InChI=1S/C22H20O/c1-18-9-8-14-21(16-15-19-10-4-2-5-11-19)22(18)23-17-20-12-6-3-7-13-20/h2-16H,17H2,1H3/b16-15+. The van der Waals surface area contributed by atoms with E-state index in [2.05, 4.69) is 61.5 Å². The summed E-state index contributed by atoms with van der Waals surface area (Å²) in [5.74, 6) is 0.948. The van der Waals surface area contributed by atoms with Crippen LogP contribution in [0.4, 0.5) is 0 Å². The highest BCUT2D eigenvalue weighted by Gasteiger charge is 2.05. The first-order valence-corrected chi connectivity index (χ1v) is 7.82. The molecule has 0 radical (unpaired) electrons. The quantitative estimate of drug-likeness (QED) is 0.546. The number of benzene rings is 3. The van der Waals surface area contributed by atoms with Crippen molar-refractivity contribution >= 4 is 12.2 Å². The van der Waals surface area contributed by atoms with Gasteiger partial charge in [0.25, 0.3) is 0 Å². The van der Waals surface area contributed by atoms with Crippen molar-refractivity contribution in [3.63, 3.8) is 0 Å². The topological polar surface area (TPSA) is 9.23 Å². The van der Waals surface area contributed by atoms with Crippen molar-refractivity contribution in [3.05, 3.63) is 101 Å². The average molecular weight is 300 g/mol. The summed E-state index contributed by atoms with van der Waals surface area (Å²) in [5.41, 5.74) is 4.61. The predicted molar refractivity (Wildman–Crippen MR) is 97.3 cm³/mol. The van der Waals surface area contributed by atoms with E-state index in [-0.39, 0.29) is 0 Å². The van der Waals surface area contributed by atoms with Gasteiger partial charge in [-0.05, 0) is 23.6 Å². The van der Waals surface area contributed by atoms with Crippen LogP contribution < -0.4 is 4.74 Å². The van der Waals surface area contributed by atoms with Gasteiger partial charge in [-0.15, -0.1) is 0 Å². The van der Waals surface area contributed by atoms with Gasteiger partial charge in [0.2, 0.25) is 0 Å². The Morgan fingerprint density at radius 3 is 2.17 bits per heavy atom. The normalized spacial score (nSPS) is 10.8. The van der Waals surface area contributed by atoms with Crippen LogP contribution in [0.3, 0.4) is 0 Å². The summed E-state index contributed by atoms with van der Waals surface area (Å²) in [6, 6.07) is 26.8. The van der Waals surface area contributed by atoms with Crippen molar-refractivity contribution < 1.29 is 4.74 Å². The van der Waals surface area contributed by atoms with Gasteiger partial charge >= 0.3 is 0 Å². The third kappa shape index (κ3) is 4.10. The van der Waals surface area contributed by atoms with E-state index in [1.54, 1.807) is 0 Å². The molecule has 0 N–H and O–H groups in total. The van der Waals surface area contributed by atoms with Gasteiger partial charge in [-0.25, -0.2) is 0 Å². The zero-order valence-electron chi connectivity index (χ0n) is 13.3. The molecule has 1 nitrogen and oxygen atoms in total. The van der Waals surface area contributed by atoms with Crippen LogP contribution in [0.1, 0.15) is 22.3 Å². The highest BCUT2D eigenvalue weighted by molar-refractivity contribution is 5.73. The lowest BCUT2D eigenvalue weighted by Crippen LogP contribution is -1.98. The molecule has 0 heterocycles. The van der Waals surface area contributed by atoms with Gasteiger partial charge in [0, 0.05) is 5.56 Å². The minimum Gasteiger partial charge on any atom is -0.488 e. The molecule has 0 saturated heterocycles. The van der Waals surface area contributed by atoms with Gasteiger partial charge in [0.15, 0.2) is 0 Å². The van der Waals surface area contributed by atoms with Crippen LogP contribution in [0.5, 0.6) is 5.75 Å². The molecule has 0 fully saturated rings. The van der Waals surface area contributed by atoms with Gasteiger partial charge in [-0.1, -0.05) is 91.0 Å². The molecule has 23 heavy (non-hydrogen) atoms. The van der Waals surface area contributed by atoms with Gasteiger partial charge in [0.1, 0.15) is 12.4 Å². The highest BCUT2D eigenvalue weighted by atomic mass is 16.5. The molecular formula is C22H20O. The number of aryl methyl sites for hydroxylation is 1. The van der Waals surface area contributed by atoms with Gasteiger partial charge in [0.05, 0.1) is 0 Å². The number of para-hydroxylation sites is 1. The number of hydrogen-bond donors (Lipinski definition) is 0. The monoisotopic (exact) mass is 300 g/mol. The molecule has 0 saturated carbocycles. The molecule has 0 aliphatic carbocycles. The lowest BCUT2D eigenvalue weighted by atomic mass is 10.1. The maximum absolute atomic E-state index is 6.09. The predicted octanol–water partition coefficient (Wildman–Crippen LogP) is 5.74. The fourth-order valence-corrected chi connectivity index (χ4v) is 2.48. The molecular weight excluding hydrogens is 280 g/mol. The van der Waals surface area contributed by atoms with Gasteiger partial charge in [-0.3, -0.25) is 0 Å². The zero-order valence-corrected chi connectivity index (χ0v) is 13.3. The summed E-state index contributed by atoms with van der Waals surface area (Å²) < 4.78 is 6.09. The lowest BCUT2D eigenvalue weighted by molar-refractivity contribution is 0.303. The largest absolute Gasteiger partial charge is 0.488 e. The Kier molecular flexibility index (Phi) is 4.90. The van der Waals surface area contributed by atoms with E-state index in [1.807, 2.05) is 36.4 Å². The van der Waals surface area contributed by atoms with Crippen molar-refractivity contribution in [2.24, 2.45) is 0 Å². The third-order valence-electron chi connectivity index (χ3n) is 3.72. The van der Waals surface area contributed by atoms with Crippen LogP contribution in [0, 0.1) is 6.92 Å². The first-order valence-electron chi connectivity index (χ1n) is 7.82. The Balaban J connectivity index is 1.81. The molecule has 0 aliphatic rings. The van der Waals surface area contributed by atoms with Crippen LogP contribution >= 0.6 is 0 Å². The first-order chi connectivity index (χ1) is 11.3. The van der Waals surface area contributed by atoms with Crippen molar-refractivity contribution in [2.45, 2.75) is 13.5 Å². The fraction of sp³-hybridized carbons (Fsp3) is 0.0909.